The van der Waals surface area contributed by atoms with Crippen molar-refractivity contribution in [1.82, 2.24) is 9.03 Å². The highest BCUT2D eigenvalue weighted by Crippen LogP contribution is 1.93. The number of nitrogens with one attached hydrogen (secondary N) is 1. The molecule has 0 saturated heterocycles. The van der Waals surface area contributed by atoms with Gasteiger partial charge in [-0.15, -0.1) is 0 Å². The zero-order chi connectivity index (χ0) is 12.1. The van der Waals surface area contributed by atoms with Crippen molar-refractivity contribution in [3.63, 3.8) is 0 Å². The van der Waals surface area contributed by atoms with Crippen LogP contribution in [-0.4, -0.2) is 50.1 Å². The van der Waals surface area contributed by atoms with E-state index in [1.807, 2.05) is 0 Å². The van der Waals surface area contributed by atoms with Crippen molar-refractivity contribution < 1.29 is 27.9 Å². The van der Waals surface area contributed by atoms with Gasteiger partial charge in [-0.25, -0.2) is 9.52 Å². The van der Waals surface area contributed by atoms with E-state index >= 15 is 0 Å². The molecule has 0 aromatic rings. The van der Waals surface area contributed by atoms with Crippen LogP contribution in [0.2, 0.25) is 0 Å². The molecule has 88 valence electrons. The Morgan fingerprint density at radius 2 is 2.00 bits per heavy atom. The number of rotatable bonds is 5. The lowest BCUT2D eigenvalue weighted by atomic mass is 10.7. The summed E-state index contributed by atoms with van der Waals surface area (Å²) in [5.74, 6) is -1.33. The minimum atomic E-state index is -4.15. The lowest BCUT2D eigenvalue weighted by Crippen LogP contribution is -2.43. The number of ether oxygens (including phenoxy) is 1. The number of carboxylic acid groups (broad SMARTS) is 1. The van der Waals surface area contributed by atoms with E-state index in [1.54, 1.807) is 0 Å². The average Bonchev–Trinajstić information content (AvgIpc) is 2.01. The van der Waals surface area contributed by atoms with Crippen molar-refractivity contribution in [2.75, 3.05) is 20.2 Å². The Bertz CT molecular complexity index is 338. The molecule has 0 unspecified atom stereocenters. The first kappa shape index (κ1) is 13.7. The number of hydrogen-bond donors (Lipinski definition) is 2. The van der Waals surface area contributed by atoms with Gasteiger partial charge in [0.15, 0.2) is 0 Å². The van der Waals surface area contributed by atoms with Crippen LogP contribution in [-0.2, 0) is 19.7 Å². The van der Waals surface area contributed by atoms with Crippen molar-refractivity contribution in [3.05, 3.63) is 0 Å². The summed E-state index contributed by atoms with van der Waals surface area (Å²) in [6, 6.07) is 0. The molecule has 0 heterocycles. The highest BCUT2D eigenvalue weighted by Gasteiger charge is 2.22. The van der Waals surface area contributed by atoms with Gasteiger partial charge in [0.1, 0.15) is 6.54 Å². The Morgan fingerprint density at radius 3 is 2.40 bits per heavy atom. The van der Waals surface area contributed by atoms with Gasteiger partial charge in [0, 0.05) is 7.05 Å². The third-order valence-electron chi connectivity index (χ3n) is 1.26. The summed E-state index contributed by atoms with van der Waals surface area (Å²) in [4.78, 5) is 21.0. The predicted octanol–water partition coefficient (Wildman–Crippen LogP) is -1.01. The first-order chi connectivity index (χ1) is 6.79. The summed E-state index contributed by atoms with van der Waals surface area (Å²) in [7, 11) is -3.13. The van der Waals surface area contributed by atoms with E-state index in [4.69, 9.17) is 5.11 Å². The Labute approximate surface area is 87.0 Å². The average molecular weight is 240 g/mol. The molecule has 0 aromatic heterocycles. The summed E-state index contributed by atoms with van der Waals surface area (Å²) in [5, 5.41) is 8.33. The normalized spacial score (nSPS) is 11.1. The monoisotopic (exact) mass is 240 g/mol. The molecular formula is C6H12N2O6S. The quantitative estimate of drug-likeness (QED) is 0.636. The molecule has 0 radical (unpaired) electrons. The number of carboxylic acids is 1. The maximum Gasteiger partial charge on any atom is 0.421 e. The molecule has 0 aliphatic heterocycles. The minimum absolute atomic E-state index is 0.0179. The number of amides is 1. The Hall–Kier alpha value is -1.35. The molecule has 0 spiro atoms. The van der Waals surface area contributed by atoms with E-state index in [1.165, 1.54) is 11.6 Å². The van der Waals surface area contributed by atoms with Gasteiger partial charge >= 0.3 is 22.3 Å². The molecule has 8 nitrogen and oxygen atoms in total. The number of nitrogens with zero attached hydrogens (tertiary/aromatic N) is 1. The molecule has 0 atom stereocenters. The standard InChI is InChI=1S/C6H12N2O6S/c1-3-14-6(11)7-15(12,13)8(2)4-5(9)10/h3-4H2,1-2H3,(H,7,11)(H,9,10). The highest BCUT2D eigenvalue weighted by molar-refractivity contribution is 7.87. The SMILES string of the molecule is CCOC(=O)NS(=O)(=O)N(C)CC(=O)O. The number of hydrogen-bond acceptors (Lipinski definition) is 5. The second kappa shape index (κ2) is 5.51. The number of aliphatic carboxylic acids is 1. The summed E-state index contributed by atoms with van der Waals surface area (Å²) in [5.41, 5.74) is 0. The summed E-state index contributed by atoms with van der Waals surface area (Å²) in [6.45, 7) is 0.784. The van der Waals surface area contributed by atoms with Crippen molar-refractivity contribution in [1.29, 1.82) is 0 Å². The second-order valence-corrected chi connectivity index (χ2v) is 4.25. The molecular weight excluding hydrogens is 228 g/mol. The van der Waals surface area contributed by atoms with E-state index in [0.29, 0.717) is 4.31 Å². The fraction of sp³-hybridized carbons (Fsp3) is 0.667. The molecule has 15 heavy (non-hydrogen) atoms. The van der Waals surface area contributed by atoms with Crippen LogP contribution in [0.5, 0.6) is 0 Å². The maximum atomic E-state index is 11.2. The third kappa shape index (κ3) is 5.18. The van der Waals surface area contributed by atoms with E-state index in [9.17, 15) is 18.0 Å². The predicted molar refractivity (Wildman–Crippen MR) is 49.3 cm³/mol. The molecule has 0 rings (SSSR count). The molecule has 0 fully saturated rings. The van der Waals surface area contributed by atoms with Crippen LogP contribution in [0.1, 0.15) is 6.92 Å². The Morgan fingerprint density at radius 1 is 1.47 bits per heavy atom. The first-order valence-corrected chi connectivity index (χ1v) is 5.36. The Balaban J connectivity index is 4.41. The number of carbonyl (C=O) groups is 2. The van der Waals surface area contributed by atoms with Gasteiger partial charge in [0.2, 0.25) is 0 Å². The topological polar surface area (TPSA) is 113 Å². The van der Waals surface area contributed by atoms with Crippen molar-refractivity contribution in [2.24, 2.45) is 0 Å². The summed E-state index contributed by atoms with van der Waals surface area (Å²) < 4.78 is 28.7. The fourth-order valence-electron chi connectivity index (χ4n) is 0.619. The van der Waals surface area contributed by atoms with Gasteiger partial charge in [0.25, 0.3) is 0 Å². The number of likely N-dealkylation sites (N-methyl/N-ethyl adjacent to an activating group) is 1. The van der Waals surface area contributed by atoms with Gasteiger partial charge in [-0.05, 0) is 6.92 Å². The van der Waals surface area contributed by atoms with Crippen molar-refractivity contribution in [3.8, 4) is 0 Å². The molecule has 0 aliphatic rings. The third-order valence-corrected chi connectivity index (χ3v) is 2.63. The van der Waals surface area contributed by atoms with Gasteiger partial charge in [-0.1, -0.05) is 0 Å². The van der Waals surface area contributed by atoms with E-state index in [-0.39, 0.29) is 6.61 Å². The molecule has 0 aromatic carbocycles. The summed E-state index contributed by atoms with van der Waals surface area (Å²) >= 11 is 0. The Kier molecular flexibility index (Phi) is 5.02. The fourth-order valence-corrected chi connectivity index (χ4v) is 1.33. The van der Waals surface area contributed by atoms with E-state index in [0.717, 1.165) is 7.05 Å². The maximum absolute atomic E-state index is 11.2. The number of carbonyl (C=O) groups excluding carboxylic acids is 1. The lowest BCUT2D eigenvalue weighted by molar-refractivity contribution is -0.137. The van der Waals surface area contributed by atoms with Gasteiger partial charge in [0.05, 0.1) is 6.61 Å². The largest absolute Gasteiger partial charge is 0.480 e. The van der Waals surface area contributed by atoms with Crippen molar-refractivity contribution in [2.45, 2.75) is 6.92 Å². The van der Waals surface area contributed by atoms with Crippen LogP contribution in [0.25, 0.3) is 0 Å². The lowest BCUT2D eigenvalue weighted by Gasteiger charge is -2.14. The van der Waals surface area contributed by atoms with Crippen molar-refractivity contribution >= 4 is 22.3 Å². The molecule has 2 N–H and O–H groups in total. The minimum Gasteiger partial charge on any atom is -0.480 e. The zero-order valence-electron chi connectivity index (χ0n) is 8.26. The van der Waals surface area contributed by atoms with Crippen LogP contribution in [0, 0.1) is 0 Å². The van der Waals surface area contributed by atoms with Crippen LogP contribution < -0.4 is 4.72 Å². The second-order valence-electron chi connectivity index (χ2n) is 2.48. The zero-order valence-corrected chi connectivity index (χ0v) is 9.07. The van der Waals surface area contributed by atoms with Gasteiger partial charge in [-0.2, -0.15) is 12.7 Å². The van der Waals surface area contributed by atoms with E-state index in [2.05, 4.69) is 4.74 Å². The molecule has 0 bridgehead atoms. The molecule has 0 aliphatic carbocycles. The molecule has 9 heteroatoms. The van der Waals surface area contributed by atoms with E-state index < -0.39 is 28.8 Å². The van der Waals surface area contributed by atoms with Crippen LogP contribution in [0.15, 0.2) is 0 Å². The summed E-state index contributed by atoms with van der Waals surface area (Å²) in [6.07, 6.45) is -1.14. The molecule has 1 amide bonds. The smallest absolute Gasteiger partial charge is 0.421 e. The molecule has 0 saturated carbocycles. The van der Waals surface area contributed by atoms with Crippen LogP contribution in [0.4, 0.5) is 4.79 Å². The highest BCUT2D eigenvalue weighted by atomic mass is 32.2. The van der Waals surface area contributed by atoms with Crippen LogP contribution >= 0.6 is 0 Å². The first-order valence-electron chi connectivity index (χ1n) is 3.92. The van der Waals surface area contributed by atoms with Gasteiger partial charge in [-0.3, -0.25) is 4.79 Å². The van der Waals surface area contributed by atoms with Crippen LogP contribution in [0.3, 0.4) is 0 Å². The van der Waals surface area contributed by atoms with Gasteiger partial charge < -0.3 is 9.84 Å².